The van der Waals surface area contributed by atoms with Crippen LogP contribution in [0.25, 0.3) is 0 Å². The summed E-state index contributed by atoms with van der Waals surface area (Å²) in [5.74, 6) is -0.473. The fourth-order valence-corrected chi connectivity index (χ4v) is 3.17. The minimum absolute atomic E-state index is 0.0230. The van der Waals surface area contributed by atoms with E-state index in [9.17, 15) is 12.8 Å². The van der Waals surface area contributed by atoms with Crippen LogP contribution in [0.5, 0.6) is 0 Å². The second-order valence-corrected chi connectivity index (χ2v) is 7.40. The summed E-state index contributed by atoms with van der Waals surface area (Å²) in [5.41, 5.74) is 1.39. The number of hydrogen-bond donors (Lipinski definition) is 2. The number of anilines is 2. The molecule has 0 aliphatic heterocycles. The summed E-state index contributed by atoms with van der Waals surface area (Å²) in [6, 6.07) is 11.7. The highest BCUT2D eigenvalue weighted by Gasteiger charge is 2.13. The van der Waals surface area contributed by atoms with Crippen LogP contribution in [0, 0.1) is 5.82 Å². The molecule has 24 heavy (non-hydrogen) atoms. The Kier molecular flexibility index (Phi) is 6.16. The summed E-state index contributed by atoms with van der Waals surface area (Å²) < 4.78 is 39.8. The van der Waals surface area contributed by atoms with E-state index >= 15 is 0 Å². The number of sulfonamides is 1. The maximum Gasteiger partial charge on any atom is 0.261 e. The average molecular weight is 351 g/mol. The molecule has 7 heteroatoms. The Hall–Kier alpha value is -2.12. The number of nitrogens with one attached hydrogen (secondary N) is 2. The van der Waals surface area contributed by atoms with E-state index in [1.165, 1.54) is 12.1 Å². The standard InChI is InChI=1S/C17H22FN3O2S/c1-21(2)13-3-12-19-15-6-8-16(9-7-15)20-24(22,23)17-10-4-14(18)5-11-17/h4-11,19-20H,3,12-13H2,1-2H3. The summed E-state index contributed by atoms with van der Waals surface area (Å²) in [4.78, 5) is 2.14. The van der Waals surface area contributed by atoms with Gasteiger partial charge in [-0.2, -0.15) is 0 Å². The molecule has 0 atom stereocenters. The van der Waals surface area contributed by atoms with Crippen LogP contribution < -0.4 is 10.0 Å². The van der Waals surface area contributed by atoms with Gasteiger partial charge >= 0.3 is 0 Å². The van der Waals surface area contributed by atoms with Gasteiger partial charge in [0.1, 0.15) is 5.82 Å². The molecule has 0 heterocycles. The Balaban J connectivity index is 1.94. The second kappa shape index (κ2) is 8.12. The molecule has 2 aromatic rings. The third-order valence-corrected chi connectivity index (χ3v) is 4.77. The van der Waals surface area contributed by atoms with Crippen LogP contribution in [0.15, 0.2) is 53.4 Å². The molecule has 0 aromatic heterocycles. The Bertz CT molecular complexity index is 744. The molecule has 0 saturated heterocycles. The van der Waals surface area contributed by atoms with Crippen LogP contribution in [0.1, 0.15) is 6.42 Å². The van der Waals surface area contributed by atoms with E-state index in [1.54, 1.807) is 12.1 Å². The third kappa shape index (κ3) is 5.50. The van der Waals surface area contributed by atoms with Gasteiger partial charge in [-0.1, -0.05) is 0 Å². The van der Waals surface area contributed by atoms with Crippen molar-refractivity contribution in [2.45, 2.75) is 11.3 Å². The second-order valence-electron chi connectivity index (χ2n) is 5.72. The van der Waals surface area contributed by atoms with E-state index in [4.69, 9.17) is 0 Å². The number of benzene rings is 2. The predicted molar refractivity (Wildman–Crippen MR) is 95.3 cm³/mol. The van der Waals surface area contributed by atoms with Gasteiger partial charge in [-0.15, -0.1) is 0 Å². The largest absolute Gasteiger partial charge is 0.385 e. The molecule has 0 fully saturated rings. The zero-order valence-corrected chi connectivity index (χ0v) is 14.6. The van der Waals surface area contributed by atoms with Crippen LogP contribution in [-0.2, 0) is 10.0 Å². The van der Waals surface area contributed by atoms with E-state index in [-0.39, 0.29) is 4.90 Å². The zero-order chi connectivity index (χ0) is 17.6. The highest BCUT2D eigenvalue weighted by molar-refractivity contribution is 7.92. The lowest BCUT2D eigenvalue weighted by Crippen LogP contribution is -2.16. The normalized spacial score (nSPS) is 11.5. The number of rotatable bonds is 8. The van der Waals surface area contributed by atoms with Crippen molar-refractivity contribution >= 4 is 21.4 Å². The van der Waals surface area contributed by atoms with Gasteiger partial charge in [-0.05, 0) is 75.6 Å². The van der Waals surface area contributed by atoms with Crippen molar-refractivity contribution in [3.8, 4) is 0 Å². The first kappa shape index (κ1) is 18.2. The molecular formula is C17H22FN3O2S. The van der Waals surface area contributed by atoms with Gasteiger partial charge in [0.15, 0.2) is 0 Å². The van der Waals surface area contributed by atoms with Gasteiger partial charge in [-0.3, -0.25) is 4.72 Å². The smallest absolute Gasteiger partial charge is 0.261 e. The molecule has 0 saturated carbocycles. The first-order valence-electron chi connectivity index (χ1n) is 7.64. The van der Waals surface area contributed by atoms with Crippen molar-refractivity contribution in [1.82, 2.24) is 4.90 Å². The predicted octanol–water partition coefficient (Wildman–Crippen LogP) is 2.99. The molecule has 0 unspecified atom stereocenters. The van der Waals surface area contributed by atoms with Crippen LogP contribution in [0.2, 0.25) is 0 Å². The van der Waals surface area contributed by atoms with Crippen molar-refractivity contribution in [1.29, 1.82) is 0 Å². The summed E-state index contributed by atoms with van der Waals surface area (Å²) in [7, 11) is 0.344. The Labute approximate surface area is 142 Å². The minimum Gasteiger partial charge on any atom is -0.385 e. The van der Waals surface area contributed by atoms with Crippen molar-refractivity contribution in [3.63, 3.8) is 0 Å². The number of halogens is 1. The summed E-state index contributed by atoms with van der Waals surface area (Å²) >= 11 is 0. The zero-order valence-electron chi connectivity index (χ0n) is 13.8. The van der Waals surface area contributed by atoms with Gasteiger partial charge in [0.2, 0.25) is 0 Å². The number of hydrogen-bond acceptors (Lipinski definition) is 4. The molecule has 0 aliphatic carbocycles. The van der Waals surface area contributed by atoms with Crippen LogP contribution >= 0.6 is 0 Å². The maximum absolute atomic E-state index is 12.9. The van der Waals surface area contributed by atoms with Gasteiger partial charge < -0.3 is 10.2 Å². The summed E-state index contributed by atoms with van der Waals surface area (Å²) in [6.45, 7) is 1.85. The van der Waals surface area contributed by atoms with E-state index in [0.717, 1.165) is 37.3 Å². The quantitative estimate of drug-likeness (QED) is 0.718. The van der Waals surface area contributed by atoms with Gasteiger partial charge in [-0.25, -0.2) is 12.8 Å². The fourth-order valence-electron chi connectivity index (χ4n) is 2.11. The Morgan fingerprint density at radius 1 is 0.958 bits per heavy atom. The molecule has 0 bridgehead atoms. The fraction of sp³-hybridized carbons (Fsp3) is 0.294. The van der Waals surface area contributed by atoms with E-state index in [2.05, 4.69) is 14.9 Å². The lowest BCUT2D eigenvalue weighted by Gasteiger charge is -2.12. The van der Waals surface area contributed by atoms with Crippen LogP contribution in [0.3, 0.4) is 0 Å². The van der Waals surface area contributed by atoms with Crippen molar-refractivity contribution in [3.05, 3.63) is 54.3 Å². The summed E-state index contributed by atoms with van der Waals surface area (Å²) in [5, 5.41) is 3.28. The van der Waals surface area contributed by atoms with Crippen molar-refractivity contribution in [2.75, 3.05) is 37.2 Å². The molecule has 2 rings (SSSR count). The average Bonchev–Trinajstić information content (AvgIpc) is 2.53. The Morgan fingerprint density at radius 3 is 2.12 bits per heavy atom. The molecule has 130 valence electrons. The summed E-state index contributed by atoms with van der Waals surface area (Å²) in [6.07, 6.45) is 1.02. The monoisotopic (exact) mass is 351 g/mol. The van der Waals surface area contributed by atoms with Gasteiger partial charge in [0.05, 0.1) is 4.90 Å². The lowest BCUT2D eigenvalue weighted by atomic mass is 10.3. The highest BCUT2D eigenvalue weighted by atomic mass is 32.2. The van der Waals surface area contributed by atoms with Crippen LogP contribution in [-0.4, -0.2) is 40.5 Å². The van der Waals surface area contributed by atoms with Gasteiger partial charge in [0, 0.05) is 17.9 Å². The van der Waals surface area contributed by atoms with Crippen molar-refractivity contribution in [2.24, 2.45) is 0 Å². The minimum atomic E-state index is -3.72. The highest BCUT2D eigenvalue weighted by Crippen LogP contribution is 2.18. The molecule has 0 aliphatic rings. The molecule has 0 radical (unpaired) electrons. The first-order chi connectivity index (χ1) is 11.4. The van der Waals surface area contributed by atoms with Gasteiger partial charge in [0.25, 0.3) is 10.0 Å². The molecule has 2 N–H and O–H groups in total. The molecular weight excluding hydrogens is 329 g/mol. The van der Waals surface area contributed by atoms with E-state index < -0.39 is 15.8 Å². The first-order valence-corrected chi connectivity index (χ1v) is 9.12. The topological polar surface area (TPSA) is 61.4 Å². The van der Waals surface area contributed by atoms with Crippen molar-refractivity contribution < 1.29 is 12.8 Å². The Morgan fingerprint density at radius 2 is 1.54 bits per heavy atom. The van der Waals surface area contributed by atoms with E-state index in [0.29, 0.717) is 5.69 Å². The van der Waals surface area contributed by atoms with E-state index in [1.807, 2.05) is 26.2 Å². The maximum atomic E-state index is 12.9. The molecule has 5 nitrogen and oxygen atoms in total. The third-order valence-electron chi connectivity index (χ3n) is 3.37. The SMILES string of the molecule is CN(C)CCCNc1ccc(NS(=O)(=O)c2ccc(F)cc2)cc1. The molecule has 0 amide bonds. The van der Waals surface area contributed by atoms with Crippen LogP contribution in [0.4, 0.5) is 15.8 Å². The number of nitrogens with zero attached hydrogens (tertiary/aromatic N) is 1. The lowest BCUT2D eigenvalue weighted by molar-refractivity contribution is 0.405. The molecule has 2 aromatic carbocycles. The molecule has 0 spiro atoms.